The Balaban J connectivity index is 2.18. The van der Waals surface area contributed by atoms with E-state index in [9.17, 15) is 9.59 Å². The van der Waals surface area contributed by atoms with Crippen molar-refractivity contribution in [1.82, 2.24) is 10.2 Å². The van der Waals surface area contributed by atoms with E-state index in [1.165, 1.54) is 4.90 Å². The highest BCUT2D eigenvalue weighted by atomic mass is 16.2. The second-order valence-corrected chi connectivity index (χ2v) is 4.09. The van der Waals surface area contributed by atoms with Gasteiger partial charge in [-0.2, -0.15) is 0 Å². The molecule has 1 aliphatic heterocycles. The number of imide groups is 1. The Morgan fingerprint density at radius 3 is 2.65 bits per heavy atom. The number of benzene rings is 1. The number of carbonyl (C=O) groups is 2. The van der Waals surface area contributed by atoms with Crippen LogP contribution in [0.5, 0.6) is 0 Å². The fourth-order valence-electron chi connectivity index (χ4n) is 2.07. The average Bonchev–Trinajstić information content (AvgIpc) is 2.49. The molecule has 0 radical (unpaired) electrons. The predicted molar refractivity (Wildman–Crippen MR) is 64.3 cm³/mol. The van der Waals surface area contributed by atoms with Gasteiger partial charge in [-0.15, -0.1) is 0 Å². The van der Waals surface area contributed by atoms with E-state index in [0.717, 1.165) is 5.56 Å². The van der Waals surface area contributed by atoms with Crippen LogP contribution in [0.2, 0.25) is 0 Å². The van der Waals surface area contributed by atoms with E-state index in [0.29, 0.717) is 19.4 Å². The summed E-state index contributed by atoms with van der Waals surface area (Å²) in [6, 6.07) is 9.39. The van der Waals surface area contributed by atoms with Crippen LogP contribution in [0.3, 0.4) is 0 Å². The van der Waals surface area contributed by atoms with Gasteiger partial charge in [-0.3, -0.25) is 9.69 Å². The fraction of sp³-hybridized carbons (Fsp3) is 0.385. The lowest BCUT2D eigenvalue weighted by atomic mass is 10.0. The van der Waals surface area contributed by atoms with E-state index < -0.39 is 0 Å². The number of nitrogens with zero attached hydrogens (tertiary/aromatic N) is 1. The van der Waals surface area contributed by atoms with Crippen LogP contribution in [0.1, 0.15) is 31.4 Å². The van der Waals surface area contributed by atoms with Gasteiger partial charge >= 0.3 is 6.03 Å². The zero-order valence-corrected chi connectivity index (χ0v) is 9.85. The first kappa shape index (κ1) is 11.6. The first-order chi connectivity index (χ1) is 8.22. The summed E-state index contributed by atoms with van der Waals surface area (Å²) >= 11 is 0. The molecule has 1 N–H and O–H groups in total. The number of nitrogens with one attached hydrogen (secondary N) is 1. The van der Waals surface area contributed by atoms with Crippen molar-refractivity contribution in [3.05, 3.63) is 35.9 Å². The average molecular weight is 232 g/mol. The summed E-state index contributed by atoms with van der Waals surface area (Å²) < 4.78 is 0. The lowest BCUT2D eigenvalue weighted by molar-refractivity contribution is -0.127. The largest absolute Gasteiger partial charge is 0.331 e. The summed E-state index contributed by atoms with van der Waals surface area (Å²) in [5.41, 5.74) is 1.05. The summed E-state index contributed by atoms with van der Waals surface area (Å²) in [5, 5.41) is 2.89. The normalized spacial score (nSPS) is 21.0. The molecule has 4 heteroatoms. The Bertz CT molecular complexity index is 417. The molecular formula is C13H16N2O2. The van der Waals surface area contributed by atoms with Crippen molar-refractivity contribution in [2.45, 2.75) is 25.8 Å². The molecule has 0 aromatic heterocycles. The lowest BCUT2D eigenvalue weighted by Crippen LogP contribution is -2.41. The quantitative estimate of drug-likeness (QED) is 0.848. The second kappa shape index (κ2) is 4.99. The molecule has 1 aromatic rings. The molecule has 3 amide bonds. The van der Waals surface area contributed by atoms with E-state index in [4.69, 9.17) is 0 Å². The standard InChI is InChI=1S/C13H16N2O2/c1-2-15-12(16)9-8-11(14-13(15)17)10-6-4-3-5-7-10/h3-7,11H,2,8-9H2,1H3,(H,14,17). The minimum absolute atomic E-state index is 0.0656. The highest BCUT2D eigenvalue weighted by Crippen LogP contribution is 2.21. The molecule has 1 unspecified atom stereocenters. The first-order valence-electron chi connectivity index (χ1n) is 5.88. The molecule has 1 fully saturated rings. The van der Waals surface area contributed by atoms with Gasteiger partial charge in [-0.1, -0.05) is 30.3 Å². The molecule has 1 aromatic carbocycles. The Morgan fingerprint density at radius 2 is 2.00 bits per heavy atom. The van der Waals surface area contributed by atoms with Crippen molar-refractivity contribution >= 4 is 11.9 Å². The van der Waals surface area contributed by atoms with Gasteiger partial charge in [0, 0.05) is 13.0 Å². The number of amides is 3. The third-order valence-corrected chi connectivity index (χ3v) is 3.01. The Labute approximate surface area is 101 Å². The number of rotatable bonds is 2. The Kier molecular flexibility index (Phi) is 3.42. The summed E-state index contributed by atoms with van der Waals surface area (Å²) in [6.07, 6.45) is 1.07. The van der Waals surface area contributed by atoms with Crippen molar-refractivity contribution in [1.29, 1.82) is 0 Å². The number of hydrogen-bond donors (Lipinski definition) is 1. The Morgan fingerprint density at radius 1 is 1.29 bits per heavy atom. The van der Waals surface area contributed by atoms with Crippen LogP contribution in [-0.2, 0) is 4.79 Å². The van der Waals surface area contributed by atoms with Gasteiger partial charge in [-0.05, 0) is 18.9 Å². The van der Waals surface area contributed by atoms with Crippen LogP contribution in [0.15, 0.2) is 30.3 Å². The van der Waals surface area contributed by atoms with E-state index in [1.54, 1.807) is 6.92 Å². The fourth-order valence-corrected chi connectivity index (χ4v) is 2.07. The number of hydrogen-bond acceptors (Lipinski definition) is 2. The number of urea groups is 1. The minimum atomic E-state index is -0.288. The molecule has 0 saturated carbocycles. The van der Waals surface area contributed by atoms with Crippen LogP contribution >= 0.6 is 0 Å². The molecule has 1 aliphatic rings. The van der Waals surface area contributed by atoms with E-state index in [2.05, 4.69) is 5.32 Å². The molecule has 1 heterocycles. The lowest BCUT2D eigenvalue weighted by Gasteiger charge is -2.18. The van der Waals surface area contributed by atoms with E-state index in [1.807, 2.05) is 30.3 Å². The third kappa shape index (κ3) is 2.46. The smallest absolute Gasteiger partial charge is 0.324 e. The molecule has 1 atom stereocenters. The van der Waals surface area contributed by atoms with Crippen molar-refractivity contribution in [2.75, 3.05) is 6.54 Å². The summed E-state index contributed by atoms with van der Waals surface area (Å²) in [5.74, 6) is -0.0940. The predicted octanol–water partition coefficient (Wildman–Crippen LogP) is 2.08. The van der Waals surface area contributed by atoms with E-state index >= 15 is 0 Å². The van der Waals surface area contributed by atoms with Gasteiger partial charge in [0.15, 0.2) is 0 Å². The molecule has 1 saturated heterocycles. The molecule has 0 aliphatic carbocycles. The van der Waals surface area contributed by atoms with Crippen molar-refractivity contribution in [3.8, 4) is 0 Å². The van der Waals surface area contributed by atoms with Crippen molar-refractivity contribution in [2.24, 2.45) is 0 Å². The highest BCUT2D eigenvalue weighted by Gasteiger charge is 2.27. The van der Waals surface area contributed by atoms with E-state index in [-0.39, 0.29) is 18.0 Å². The van der Waals surface area contributed by atoms with Crippen LogP contribution in [0.4, 0.5) is 4.79 Å². The molecule has 0 bridgehead atoms. The zero-order valence-electron chi connectivity index (χ0n) is 9.85. The topological polar surface area (TPSA) is 49.4 Å². The minimum Gasteiger partial charge on any atom is -0.331 e. The maximum atomic E-state index is 11.8. The Hall–Kier alpha value is -1.84. The van der Waals surface area contributed by atoms with Crippen LogP contribution in [0.25, 0.3) is 0 Å². The zero-order chi connectivity index (χ0) is 12.3. The van der Waals surface area contributed by atoms with Gasteiger partial charge in [0.2, 0.25) is 5.91 Å². The van der Waals surface area contributed by atoms with Crippen molar-refractivity contribution in [3.63, 3.8) is 0 Å². The van der Waals surface area contributed by atoms with Gasteiger partial charge in [0.1, 0.15) is 0 Å². The summed E-state index contributed by atoms with van der Waals surface area (Å²) in [7, 11) is 0. The molecular weight excluding hydrogens is 216 g/mol. The monoisotopic (exact) mass is 232 g/mol. The van der Waals surface area contributed by atoms with Crippen LogP contribution in [-0.4, -0.2) is 23.4 Å². The third-order valence-electron chi connectivity index (χ3n) is 3.01. The number of carbonyl (C=O) groups excluding carboxylic acids is 2. The maximum Gasteiger partial charge on any atom is 0.324 e. The maximum absolute atomic E-state index is 11.8. The van der Waals surface area contributed by atoms with Gasteiger partial charge < -0.3 is 5.32 Å². The summed E-state index contributed by atoms with van der Waals surface area (Å²) in [4.78, 5) is 24.8. The molecule has 2 rings (SSSR count). The van der Waals surface area contributed by atoms with Crippen molar-refractivity contribution < 1.29 is 9.59 Å². The molecule has 4 nitrogen and oxygen atoms in total. The second-order valence-electron chi connectivity index (χ2n) is 4.09. The molecule has 0 spiro atoms. The summed E-state index contributed by atoms with van der Waals surface area (Å²) in [6.45, 7) is 2.23. The van der Waals surface area contributed by atoms with Crippen LogP contribution < -0.4 is 5.32 Å². The van der Waals surface area contributed by atoms with Crippen LogP contribution in [0, 0.1) is 0 Å². The first-order valence-corrected chi connectivity index (χ1v) is 5.88. The molecule has 17 heavy (non-hydrogen) atoms. The van der Waals surface area contributed by atoms with Gasteiger partial charge in [-0.25, -0.2) is 4.79 Å². The highest BCUT2D eigenvalue weighted by molar-refractivity contribution is 5.95. The van der Waals surface area contributed by atoms with Gasteiger partial charge in [0.05, 0.1) is 6.04 Å². The SMILES string of the molecule is CCN1C(=O)CCC(c2ccccc2)NC1=O. The molecule has 90 valence electrons. The van der Waals surface area contributed by atoms with Gasteiger partial charge in [0.25, 0.3) is 0 Å².